The van der Waals surface area contributed by atoms with Crippen LogP contribution in [0.5, 0.6) is 0 Å². The number of carbonyl (C=O) groups is 2. The fourth-order valence-electron chi connectivity index (χ4n) is 5.41. The SMILES string of the molecule is CCCCCCCCCCCCCCCC(=O)N[C@@H](CCCN=C(N)N[N+](=O)[O-])C(=O)NCCCCCCCCCCCC. The van der Waals surface area contributed by atoms with Crippen LogP contribution in [0.2, 0.25) is 0 Å². The van der Waals surface area contributed by atoms with Crippen LogP contribution in [-0.2, 0) is 9.59 Å². The molecule has 0 unspecified atom stereocenters. The summed E-state index contributed by atoms with van der Waals surface area (Å²) in [6.07, 6.45) is 29.9. The molecule has 0 radical (unpaired) electrons. The highest BCUT2D eigenvalue weighted by atomic mass is 16.7. The molecule has 0 spiro atoms. The van der Waals surface area contributed by atoms with Crippen LogP contribution in [0.3, 0.4) is 0 Å². The summed E-state index contributed by atoms with van der Waals surface area (Å²) in [5.41, 5.74) is 7.28. The molecule has 0 aliphatic rings. The Morgan fingerprint density at radius 3 is 1.57 bits per heavy atom. The van der Waals surface area contributed by atoms with E-state index < -0.39 is 11.1 Å². The lowest BCUT2D eigenvalue weighted by Crippen LogP contribution is -2.47. The van der Waals surface area contributed by atoms with Gasteiger partial charge in [-0.15, -0.1) is 0 Å². The highest BCUT2D eigenvalue weighted by Gasteiger charge is 2.20. The van der Waals surface area contributed by atoms with Crippen molar-refractivity contribution in [1.82, 2.24) is 16.1 Å². The highest BCUT2D eigenvalue weighted by Crippen LogP contribution is 2.13. The second-order valence-corrected chi connectivity index (χ2v) is 12.4. The second-order valence-electron chi connectivity index (χ2n) is 12.4. The van der Waals surface area contributed by atoms with E-state index in [1.54, 1.807) is 0 Å². The first kappa shape index (κ1) is 41.6. The zero-order valence-electron chi connectivity index (χ0n) is 28.5. The van der Waals surface area contributed by atoms with Crippen molar-refractivity contribution in [3.8, 4) is 0 Å². The van der Waals surface area contributed by atoms with Crippen molar-refractivity contribution in [2.75, 3.05) is 13.1 Å². The summed E-state index contributed by atoms with van der Waals surface area (Å²) in [5.74, 6) is -0.561. The minimum Gasteiger partial charge on any atom is -0.365 e. The summed E-state index contributed by atoms with van der Waals surface area (Å²) in [6.45, 7) is 5.31. The molecule has 0 saturated heterocycles. The molecule has 0 saturated carbocycles. The fourth-order valence-corrected chi connectivity index (χ4v) is 5.41. The van der Waals surface area contributed by atoms with Gasteiger partial charge < -0.3 is 16.4 Å². The van der Waals surface area contributed by atoms with Gasteiger partial charge in [0, 0.05) is 19.5 Å². The number of amides is 2. The summed E-state index contributed by atoms with van der Waals surface area (Å²) < 4.78 is 0. The first-order valence-electron chi connectivity index (χ1n) is 18.2. The lowest BCUT2D eigenvalue weighted by atomic mass is 10.0. The molecule has 0 aromatic heterocycles. The number of hydrogen-bond donors (Lipinski definition) is 4. The number of nitro groups is 1. The number of aliphatic imine (C=N–C) groups is 1. The number of hydrazine groups is 1. The number of nitrogens with one attached hydrogen (secondary N) is 3. The van der Waals surface area contributed by atoms with Gasteiger partial charge in [-0.05, 0) is 25.7 Å². The summed E-state index contributed by atoms with van der Waals surface area (Å²) in [7, 11) is 0. The Bertz CT molecular complexity index is 735. The maximum Gasteiger partial charge on any atom is 0.251 e. The quantitative estimate of drug-likeness (QED) is 0.0196. The van der Waals surface area contributed by atoms with Gasteiger partial charge in [-0.25, -0.2) is 15.1 Å². The number of carbonyl (C=O) groups excluding carboxylic acids is 2. The Balaban J connectivity index is 4.27. The van der Waals surface area contributed by atoms with Gasteiger partial charge in [0.2, 0.25) is 11.8 Å². The molecule has 0 fully saturated rings. The van der Waals surface area contributed by atoms with Crippen LogP contribution < -0.4 is 21.8 Å². The third-order valence-electron chi connectivity index (χ3n) is 8.13. The van der Waals surface area contributed by atoms with E-state index in [4.69, 9.17) is 5.73 Å². The predicted octanol–water partition coefficient (Wildman–Crippen LogP) is 7.87. The predicted molar refractivity (Wildman–Crippen MR) is 183 cm³/mol. The average molecular weight is 625 g/mol. The molecule has 0 aromatic rings. The largest absolute Gasteiger partial charge is 0.365 e. The third-order valence-corrected chi connectivity index (χ3v) is 8.13. The summed E-state index contributed by atoms with van der Waals surface area (Å²) in [6, 6.07) is -0.646. The van der Waals surface area contributed by atoms with Crippen molar-refractivity contribution < 1.29 is 14.6 Å². The molecule has 258 valence electrons. The molecule has 0 rings (SSSR count). The molecule has 10 nitrogen and oxygen atoms in total. The number of nitrogens with zero attached hydrogens (tertiary/aromatic N) is 2. The Kier molecular flexibility index (Phi) is 30.3. The van der Waals surface area contributed by atoms with Crippen LogP contribution in [0.25, 0.3) is 0 Å². The molecule has 0 aliphatic heterocycles. The zero-order chi connectivity index (χ0) is 32.5. The van der Waals surface area contributed by atoms with Crippen LogP contribution in [0.15, 0.2) is 4.99 Å². The van der Waals surface area contributed by atoms with Crippen molar-refractivity contribution >= 4 is 17.8 Å². The molecule has 44 heavy (non-hydrogen) atoms. The van der Waals surface area contributed by atoms with Gasteiger partial charge in [0.05, 0.1) is 0 Å². The van der Waals surface area contributed by atoms with Crippen LogP contribution in [0.1, 0.15) is 181 Å². The van der Waals surface area contributed by atoms with E-state index in [-0.39, 0.29) is 24.3 Å². The number of rotatable bonds is 32. The molecule has 10 heteroatoms. The number of guanidine groups is 1. The number of unbranched alkanes of at least 4 members (excludes halogenated alkanes) is 21. The van der Waals surface area contributed by atoms with Crippen LogP contribution in [0, 0.1) is 10.1 Å². The van der Waals surface area contributed by atoms with Crippen molar-refractivity contribution in [2.45, 2.75) is 187 Å². The van der Waals surface area contributed by atoms with Gasteiger partial charge in [0.15, 0.2) is 5.03 Å². The van der Waals surface area contributed by atoms with E-state index in [1.807, 2.05) is 5.43 Å². The van der Waals surface area contributed by atoms with Gasteiger partial charge >= 0.3 is 0 Å². The van der Waals surface area contributed by atoms with Gasteiger partial charge in [0.1, 0.15) is 6.04 Å². The fraction of sp³-hybridized carbons (Fsp3) is 0.912. The summed E-state index contributed by atoms with van der Waals surface area (Å²) in [4.78, 5) is 40.0. The van der Waals surface area contributed by atoms with Crippen molar-refractivity contribution in [3.63, 3.8) is 0 Å². The smallest absolute Gasteiger partial charge is 0.251 e. The topological polar surface area (TPSA) is 152 Å². The second kappa shape index (κ2) is 32.0. The van der Waals surface area contributed by atoms with E-state index in [2.05, 4.69) is 29.5 Å². The lowest BCUT2D eigenvalue weighted by Gasteiger charge is -2.18. The van der Waals surface area contributed by atoms with Gasteiger partial charge in [-0.1, -0.05) is 154 Å². The van der Waals surface area contributed by atoms with E-state index in [9.17, 15) is 19.7 Å². The minimum absolute atomic E-state index is 0.106. The molecule has 0 bridgehead atoms. The Hall–Kier alpha value is -2.39. The van der Waals surface area contributed by atoms with E-state index in [1.165, 1.54) is 116 Å². The van der Waals surface area contributed by atoms with Crippen molar-refractivity contribution in [2.24, 2.45) is 10.7 Å². The molecule has 5 N–H and O–H groups in total. The van der Waals surface area contributed by atoms with Gasteiger partial charge in [-0.3, -0.25) is 9.59 Å². The molecule has 1 atom stereocenters. The first-order valence-corrected chi connectivity index (χ1v) is 18.2. The molecule has 0 aromatic carbocycles. The number of hydrogen-bond acceptors (Lipinski definition) is 5. The molecule has 0 heterocycles. The molecule has 0 aliphatic carbocycles. The van der Waals surface area contributed by atoms with E-state index in [0.717, 1.165) is 32.1 Å². The molecule has 2 amide bonds. The van der Waals surface area contributed by atoms with Gasteiger partial charge in [-0.2, -0.15) is 0 Å². The van der Waals surface area contributed by atoms with E-state index >= 15 is 0 Å². The van der Waals surface area contributed by atoms with Gasteiger partial charge in [0.25, 0.3) is 5.96 Å². The average Bonchev–Trinajstić information content (AvgIpc) is 2.99. The Labute approximate surface area is 269 Å². The van der Waals surface area contributed by atoms with E-state index in [0.29, 0.717) is 25.8 Å². The lowest BCUT2D eigenvalue weighted by molar-refractivity contribution is -0.525. The first-order chi connectivity index (χ1) is 21.4. The van der Waals surface area contributed by atoms with Crippen molar-refractivity contribution in [1.29, 1.82) is 0 Å². The highest BCUT2D eigenvalue weighted by molar-refractivity contribution is 5.87. The minimum atomic E-state index is -0.764. The van der Waals surface area contributed by atoms with Crippen molar-refractivity contribution in [3.05, 3.63) is 10.1 Å². The molecular formula is C34H68N6O4. The van der Waals surface area contributed by atoms with Crippen LogP contribution >= 0.6 is 0 Å². The standard InChI is InChI=1S/C34H68N6O4/c1-3-5-7-9-11-13-15-16-17-18-20-22-24-28-32(41)38-31(27-26-30-37-34(35)39-40(43)44)33(42)36-29-25-23-21-19-14-12-10-8-6-4-2/h31H,3-30H2,1-2H3,(H,36,42)(H,38,41)(H3,35,37,39)/t31-/m0/s1. The maximum absolute atomic E-state index is 12.9. The Morgan fingerprint density at radius 2 is 1.11 bits per heavy atom. The summed E-state index contributed by atoms with van der Waals surface area (Å²) >= 11 is 0. The maximum atomic E-state index is 12.9. The van der Waals surface area contributed by atoms with Crippen LogP contribution in [-0.4, -0.2) is 41.9 Å². The normalized spacial score (nSPS) is 12.2. The monoisotopic (exact) mass is 625 g/mol. The van der Waals surface area contributed by atoms with Crippen LogP contribution in [0.4, 0.5) is 0 Å². The molecular weight excluding hydrogens is 556 g/mol. The third kappa shape index (κ3) is 29.7. The number of nitrogens with two attached hydrogens (primary N) is 1. The zero-order valence-corrected chi connectivity index (χ0v) is 28.5. The Morgan fingerprint density at radius 1 is 0.682 bits per heavy atom. The summed E-state index contributed by atoms with van der Waals surface area (Å²) in [5, 5.41) is 15.6.